The van der Waals surface area contributed by atoms with Crippen molar-refractivity contribution in [2.45, 2.75) is 24.6 Å². The summed E-state index contributed by atoms with van der Waals surface area (Å²) in [7, 11) is 0. The van der Waals surface area contributed by atoms with Gasteiger partial charge in [0.05, 0.1) is 5.75 Å². The van der Waals surface area contributed by atoms with Crippen molar-refractivity contribution in [3.05, 3.63) is 29.6 Å². The van der Waals surface area contributed by atoms with Gasteiger partial charge in [0.2, 0.25) is 5.91 Å². The van der Waals surface area contributed by atoms with Crippen LogP contribution < -0.4 is 10.6 Å². The van der Waals surface area contributed by atoms with Crippen molar-refractivity contribution >= 4 is 23.6 Å². The maximum absolute atomic E-state index is 11.8. The number of pyridine rings is 1. The van der Waals surface area contributed by atoms with Crippen LogP contribution in [0.2, 0.25) is 0 Å². The number of carboxylic acid groups (broad SMARTS) is 1. The standard InChI is InChI=1S/C14H19N3O3S/c18-13(9-21-11-3-5-15-6-4-11)17-8-10-1-2-12(14(19)20)16-7-10/h1-2,7,11,15H,3-6,8-9H2,(H,17,18)(H,19,20). The molecule has 1 aromatic heterocycles. The number of carboxylic acids is 1. The highest BCUT2D eigenvalue weighted by Crippen LogP contribution is 2.19. The maximum Gasteiger partial charge on any atom is 0.354 e. The van der Waals surface area contributed by atoms with E-state index in [9.17, 15) is 9.59 Å². The van der Waals surface area contributed by atoms with Gasteiger partial charge in [-0.3, -0.25) is 4.79 Å². The van der Waals surface area contributed by atoms with Crippen molar-refractivity contribution < 1.29 is 14.7 Å². The predicted molar refractivity (Wildman–Crippen MR) is 81.4 cm³/mol. The number of aromatic nitrogens is 1. The largest absolute Gasteiger partial charge is 0.477 e. The average molecular weight is 309 g/mol. The summed E-state index contributed by atoms with van der Waals surface area (Å²) in [6, 6.07) is 3.10. The number of aromatic carboxylic acids is 1. The third kappa shape index (κ3) is 5.35. The highest BCUT2D eigenvalue weighted by molar-refractivity contribution is 8.00. The van der Waals surface area contributed by atoms with Gasteiger partial charge < -0.3 is 15.7 Å². The van der Waals surface area contributed by atoms with Gasteiger partial charge in [0.25, 0.3) is 0 Å². The Bertz CT molecular complexity index is 487. The first kappa shape index (κ1) is 15.8. The summed E-state index contributed by atoms with van der Waals surface area (Å²) >= 11 is 1.70. The van der Waals surface area contributed by atoms with E-state index >= 15 is 0 Å². The van der Waals surface area contributed by atoms with Gasteiger partial charge in [-0.1, -0.05) is 6.07 Å². The van der Waals surface area contributed by atoms with E-state index in [4.69, 9.17) is 5.11 Å². The third-order valence-electron chi connectivity index (χ3n) is 3.27. The zero-order valence-electron chi connectivity index (χ0n) is 11.7. The van der Waals surface area contributed by atoms with Gasteiger partial charge in [0, 0.05) is 18.0 Å². The van der Waals surface area contributed by atoms with E-state index in [1.807, 2.05) is 0 Å². The molecule has 21 heavy (non-hydrogen) atoms. The Balaban J connectivity index is 1.69. The number of piperidine rings is 1. The molecule has 6 nitrogen and oxygen atoms in total. The fraction of sp³-hybridized carbons (Fsp3) is 0.500. The van der Waals surface area contributed by atoms with Crippen molar-refractivity contribution in [3.63, 3.8) is 0 Å². The number of hydrogen-bond donors (Lipinski definition) is 3. The van der Waals surface area contributed by atoms with Crippen LogP contribution in [-0.4, -0.2) is 46.1 Å². The zero-order chi connectivity index (χ0) is 15.1. The molecular formula is C14H19N3O3S. The van der Waals surface area contributed by atoms with Crippen LogP contribution in [0, 0.1) is 0 Å². The first-order valence-corrected chi connectivity index (χ1v) is 7.97. The lowest BCUT2D eigenvalue weighted by Gasteiger charge is -2.21. The van der Waals surface area contributed by atoms with E-state index < -0.39 is 5.97 Å². The van der Waals surface area contributed by atoms with Gasteiger partial charge in [0.1, 0.15) is 5.69 Å². The molecule has 0 unspecified atom stereocenters. The number of rotatable bonds is 6. The molecule has 1 aliphatic heterocycles. The van der Waals surface area contributed by atoms with Crippen molar-refractivity contribution in [2.24, 2.45) is 0 Å². The minimum absolute atomic E-state index is 0.000781. The van der Waals surface area contributed by atoms with Crippen LogP contribution in [0.5, 0.6) is 0 Å². The monoisotopic (exact) mass is 309 g/mol. The molecule has 0 atom stereocenters. The molecule has 2 heterocycles. The normalized spacial score (nSPS) is 15.6. The first-order valence-electron chi connectivity index (χ1n) is 6.92. The van der Waals surface area contributed by atoms with E-state index in [1.54, 1.807) is 17.8 Å². The molecule has 1 saturated heterocycles. The molecule has 0 bridgehead atoms. The molecule has 3 N–H and O–H groups in total. The SMILES string of the molecule is O=C(CSC1CCNCC1)NCc1ccc(C(=O)O)nc1. The second-order valence-electron chi connectivity index (χ2n) is 4.89. The molecule has 1 fully saturated rings. The third-order valence-corrected chi connectivity index (χ3v) is 4.64. The maximum atomic E-state index is 11.8. The summed E-state index contributed by atoms with van der Waals surface area (Å²) in [6.07, 6.45) is 3.70. The Hall–Kier alpha value is -1.60. The number of carbonyl (C=O) groups is 2. The van der Waals surface area contributed by atoms with Crippen LogP contribution >= 0.6 is 11.8 Å². The second kappa shape index (κ2) is 7.99. The zero-order valence-corrected chi connectivity index (χ0v) is 12.5. The highest BCUT2D eigenvalue weighted by Gasteiger charge is 2.14. The quantitative estimate of drug-likeness (QED) is 0.722. The molecule has 0 spiro atoms. The van der Waals surface area contributed by atoms with Crippen molar-refractivity contribution in [1.29, 1.82) is 0 Å². The summed E-state index contributed by atoms with van der Waals surface area (Å²) < 4.78 is 0. The van der Waals surface area contributed by atoms with Gasteiger partial charge in [-0.15, -0.1) is 11.8 Å². The average Bonchev–Trinajstić information content (AvgIpc) is 2.52. The summed E-state index contributed by atoms with van der Waals surface area (Å²) in [5.41, 5.74) is 0.798. The molecule has 0 radical (unpaired) electrons. The van der Waals surface area contributed by atoms with E-state index in [0.717, 1.165) is 31.5 Å². The summed E-state index contributed by atoms with van der Waals surface area (Å²) in [4.78, 5) is 26.3. The predicted octanol–water partition coefficient (Wildman–Crippen LogP) is 0.881. The summed E-state index contributed by atoms with van der Waals surface area (Å²) in [5, 5.41) is 15.4. The topological polar surface area (TPSA) is 91.3 Å². The van der Waals surface area contributed by atoms with Gasteiger partial charge in [-0.25, -0.2) is 9.78 Å². The summed E-state index contributed by atoms with van der Waals surface area (Å²) in [5.74, 6) is -0.588. The molecular weight excluding hydrogens is 290 g/mol. The first-order chi connectivity index (χ1) is 10.1. The Kier molecular flexibility index (Phi) is 6.01. The molecule has 7 heteroatoms. The van der Waals surface area contributed by atoms with Gasteiger partial charge >= 0.3 is 5.97 Å². The second-order valence-corrected chi connectivity index (χ2v) is 6.18. The molecule has 0 saturated carbocycles. The molecule has 114 valence electrons. The number of carbonyl (C=O) groups excluding carboxylic acids is 1. The van der Waals surface area contributed by atoms with E-state index in [2.05, 4.69) is 15.6 Å². The van der Waals surface area contributed by atoms with E-state index in [1.165, 1.54) is 12.3 Å². The minimum Gasteiger partial charge on any atom is -0.477 e. The fourth-order valence-electron chi connectivity index (χ4n) is 2.06. The lowest BCUT2D eigenvalue weighted by atomic mass is 10.2. The van der Waals surface area contributed by atoms with Crippen LogP contribution in [0.15, 0.2) is 18.3 Å². The summed E-state index contributed by atoms with van der Waals surface area (Å²) in [6.45, 7) is 2.43. The van der Waals surface area contributed by atoms with Gasteiger partial charge in [-0.05, 0) is 37.6 Å². The van der Waals surface area contributed by atoms with E-state index in [-0.39, 0.29) is 11.6 Å². The van der Waals surface area contributed by atoms with Gasteiger partial charge in [-0.2, -0.15) is 0 Å². The molecule has 1 amide bonds. The van der Waals surface area contributed by atoms with Crippen molar-refractivity contribution in [1.82, 2.24) is 15.6 Å². The lowest BCUT2D eigenvalue weighted by Crippen LogP contribution is -2.31. The molecule has 1 aromatic rings. The van der Waals surface area contributed by atoms with E-state index in [0.29, 0.717) is 17.5 Å². The minimum atomic E-state index is -1.05. The number of amides is 1. The number of thioether (sulfide) groups is 1. The van der Waals surface area contributed by atoms with Gasteiger partial charge in [0.15, 0.2) is 0 Å². The molecule has 0 aromatic carbocycles. The Morgan fingerprint density at radius 1 is 1.38 bits per heavy atom. The Labute approximate surface area is 127 Å². The number of hydrogen-bond acceptors (Lipinski definition) is 5. The lowest BCUT2D eigenvalue weighted by molar-refractivity contribution is -0.118. The fourth-order valence-corrected chi connectivity index (χ4v) is 3.12. The van der Waals surface area contributed by atoms with Crippen LogP contribution in [0.3, 0.4) is 0 Å². The van der Waals surface area contributed by atoms with Crippen LogP contribution in [0.25, 0.3) is 0 Å². The van der Waals surface area contributed by atoms with Crippen LogP contribution in [0.1, 0.15) is 28.9 Å². The van der Waals surface area contributed by atoms with Crippen LogP contribution in [0.4, 0.5) is 0 Å². The Morgan fingerprint density at radius 3 is 2.76 bits per heavy atom. The van der Waals surface area contributed by atoms with Crippen LogP contribution in [-0.2, 0) is 11.3 Å². The molecule has 0 aliphatic carbocycles. The number of nitrogens with zero attached hydrogens (tertiary/aromatic N) is 1. The molecule has 2 rings (SSSR count). The smallest absolute Gasteiger partial charge is 0.354 e. The Morgan fingerprint density at radius 2 is 2.14 bits per heavy atom. The highest BCUT2D eigenvalue weighted by atomic mass is 32.2. The van der Waals surface area contributed by atoms with Crippen molar-refractivity contribution in [2.75, 3.05) is 18.8 Å². The molecule has 1 aliphatic rings. The van der Waals surface area contributed by atoms with Crippen molar-refractivity contribution in [3.8, 4) is 0 Å². The number of nitrogens with one attached hydrogen (secondary N) is 2.